The topological polar surface area (TPSA) is 109 Å². The van der Waals surface area contributed by atoms with Gasteiger partial charge >= 0.3 is 5.97 Å². The maximum absolute atomic E-state index is 13.0. The monoisotopic (exact) mass is 704 g/mol. The number of hydrogen-bond donors (Lipinski definition) is 0. The van der Waals surface area contributed by atoms with Gasteiger partial charge in [0.2, 0.25) is 6.10 Å². The van der Waals surface area contributed by atoms with Gasteiger partial charge in [0.1, 0.15) is 31.0 Å². The van der Waals surface area contributed by atoms with E-state index in [-0.39, 0.29) is 41.7 Å². The number of likely N-dealkylation sites (N-methyl/N-ethyl adjacent to an activating group) is 1. The third-order valence-corrected chi connectivity index (χ3v) is 7.30. The van der Waals surface area contributed by atoms with Crippen LogP contribution >= 0.6 is 0 Å². The Morgan fingerprint density at radius 2 is 1.63 bits per heavy atom. The highest BCUT2D eigenvalue weighted by atomic mass is 127. The molecule has 0 spiro atoms. The predicted molar refractivity (Wildman–Crippen MR) is 152 cm³/mol. The molecule has 12 heteroatoms. The first-order valence-corrected chi connectivity index (χ1v) is 14.1. The van der Waals surface area contributed by atoms with Crippen LogP contribution in [0.4, 0.5) is 0 Å². The van der Waals surface area contributed by atoms with Gasteiger partial charge in [-0.15, -0.1) is 5.06 Å². The molecule has 0 saturated carbocycles. The fraction of sp³-hybridized carbons (Fsp3) is 0.419. The molecule has 5 rings (SSSR count). The lowest BCUT2D eigenvalue weighted by atomic mass is 10.1. The van der Waals surface area contributed by atoms with E-state index in [2.05, 4.69) is 12.1 Å². The van der Waals surface area contributed by atoms with Gasteiger partial charge in [-0.1, -0.05) is 24.3 Å². The second kappa shape index (κ2) is 13.5. The van der Waals surface area contributed by atoms with E-state index in [0.717, 1.165) is 55.0 Å². The number of ether oxygens (including phenoxy) is 3. The van der Waals surface area contributed by atoms with Gasteiger partial charge in [0.05, 0.1) is 50.7 Å². The maximum atomic E-state index is 13.0. The van der Waals surface area contributed by atoms with E-state index in [1.54, 1.807) is 45.0 Å². The Morgan fingerprint density at radius 1 is 1.00 bits per heavy atom. The molecule has 3 heterocycles. The van der Waals surface area contributed by atoms with Crippen molar-refractivity contribution in [1.82, 2.24) is 14.8 Å². The van der Waals surface area contributed by atoms with Gasteiger partial charge in [-0.3, -0.25) is 14.3 Å². The third-order valence-electron chi connectivity index (χ3n) is 7.30. The van der Waals surface area contributed by atoms with Crippen molar-refractivity contribution < 1.29 is 61.9 Å². The van der Waals surface area contributed by atoms with Crippen molar-refractivity contribution in [1.29, 1.82) is 0 Å². The van der Waals surface area contributed by atoms with Crippen molar-refractivity contribution in [2.24, 2.45) is 0 Å². The number of fused-ring (bicyclic) bond motifs is 1. The molecule has 0 N–H and O–H groups in total. The first-order valence-electron chi connectivity index (χ1n) is 14.1. The highest BCUT2D eigenvalue weighted by Crippen LogP contribution is 2.26. The van der Waals surface area contributed by atoms with Gasteiger partial charge < -0.3 is 42.7 Å². The first kappa shape index (κ1) is 32.6. The normalized spacial score (nSPS) is 16.8. The lowest BCUT2D eigenvalue weighted by Crippen LogP contribution is -3.00. The van der Waals surface area contributed by atoms with Gasteiger partial charge in [-0.25, -0.2) is 9.63 Å². The van der Waals surface area contributed by atoms with Gasteiger partial charge in [-0.2, -0.15) is 5.10 Å². The SMILES string of the molecule is CC(C)(C)OC(=O)C(COc1ccc(-c2cnn(CC[N+]3(C)CCOCC3)c2)cc1)ON1C(=O)c2ccccc2C1=O.[I-]. The quantitative estimate of drug-likeness (QED) is 0.129. The van der Waals surface area contributed by atoms with E-state index >= 15 is 0 Å². The Balaban J connectivity index is 0.00000423. The molecule has 3 aromatic rings. The molecule has 2 aliphatic heterocycles. The molecule has 1 fully saturated rings. The molecule has 1 atom stereocenters. The average molecular weight is 705 g/mol. The van der Waals surface area contributed by atoms with E-state index in [1.165, 1.54) is 12.1 Å². The molecule has 2 aromatic carbocycles. The summed E-state index contributed by atoms with van der Waals surface area (Å²) in [5.74, 6) is -1.56. The summed E-state index contributed by atoms with van der Waals surface area (Å²) in [6, 6.07) is 13.7. The minimum Gasteiger partial charge on any atom is -1.00 e. The maximum Gasteiger partial charge on any atom is 0.342 e. The van der Waals surface area contributed by atoms with E-state index in [9.17, 15) is 14.4 Å². The number of carbonyl (C=O) groups excluding carboxylic acids is 3. The van der Waals surface area contributed by atoms with Crippen molar-refractivity contribution in [3.63, 3.8) is 0 Å². The lowest BCUT2D eigenvalue weighted by Gasteiger charge is -2.37. The molecule has 43 heavy (non-hydrogen) atoms. The molecular formula is C31H37IN4O7. The zero-order valence-corrected chi connectivity index (χ0v) is 27.0. The molecule has 1 unspecified atom stereocenters. The molecule has 1 aromatic heterocycles. The molecule has 1 saturated heterocycles. The summed E-state index contributed by atoms with van der Waals surface area (Å²) in [6.45, 7) is 10.3. The minimum absolute atomic E-state index is 0. The number of quaternary nitrogens is 1. The second-order valence-corrected chi connectivity index (χ2v) is 11.8. The smallest absolute Gasteiger partial charge is 0.342 e. The van der Waals surface area contributed by atoms with E-state index in [1.807, 2.05) is 29.2 Å². The Kier molecular flexibility index (Phi) is 10.3. The average Bonchev–Trinajstić information content (AvgIpc) is 3.53. The highest BCUT2D eigenvalue weighted by Gasteiger charge is 2.40. The Labute approximate surface area is 268 Å². The summed E-state index contributed by atoms with van der Waals surface area (Å²) in [5.41, 5.74) is 1.55. The lowest BCUT2D eigenvalue weighted by molar-refractivity contribution is -0.917. The number of carbonyl (C=O) groups is 3. The number of rotatable bonds is 10. The zero-order chi connectivity index (χ0) is 29.9. The van der Waals surface area contributed by atoms with Crippen molar-refractivity contribution in [2.45, 2.75) is 39.0 Å². The molecule has 11 nitrogen and oxygen atoms in total. The summed E-state index contributed by atoms with van der Waals surface area (Å²) >= 11 is 0. The number of hydroxylamine groups is 2. The second-order valence-electron chi connectivity index (χ2n) is 11.8. The number of amides is 2. The fourth-order valence-corrected chi connectivity index (χ4v) is 4.80. The zero-order valence-electron chi connectivity index (χ0n) is 24.8. The number of hydrogen-bond acceptors (Lipinski definition) is 8. The Morgan fingerprint density at radius 3 is 2.23 bits per heavy atom. The molecule has 0 radical (unpaired) electrons. The van der Waals surface area contributed by atoms with E-state index in [0.29, 0.717) is 10.8 Å². The predicted octanol–water partition coefficient (Wildman–Crippen LogP) is 0.348. The van der Waals surface area contributed by atoms with Gasteiger partial charge in [0.15, 0.2) is 0 Å². The van der Waals surface area contributed by atoms with E-state index < -0.39 is 29.5 Å². The third kappa shape index (κ3) is 7.99. The van der Waals surface area contributed by atoms with Crippen LogP contribution in [-0.2, 0) is 25.7 Å². The van der Waals surface area contributed by atoms with Crippen molar-refractivity contribution >= 4 is 17.8 Å². The highest BCUT2D eigenvalue weighted by molar-refractivity contribution is 6.20. The molecule has 0 bridgehead atoms. The van der Waals surface area contributed by atoms with Crippen LogP contribution < -0.4 is 28.7 Å². The number of nitrogens with zero attached hydrogens (tertiary/aromatic N) is 4. The molecule has 2 aliphatic rings. The number of aromatic nitrogens is 2. The van der Waals surface area contributed by atoms with Crippen LogP contribution in [0.15, 0.2) is 60.9 Å². The van der Waals surface area contributed by atoms with Crippen molar-refractivity contribution in [3.05, 3.63) is 72.1 Å². The fourth-order valence-electron chi connectivity index (χ4n) is 4.80. The Bertz CT molecular complexity index is 1410. The summed E-state index contributed by atoms with van der Waals surface area (Å²) in [4.78, 5) is 44.2. The van der Waals surface area contributed by atoms with Gasteiger partial charge in [0, 0.05) is 11.8 Å². The molecule has 0 aliphatic carbocycles. The summed E-state index contributed by atoms with van der Waals surface area (Å²) < 4.78 is 19.8. The summed E-state index contributed by atoms with van der Waals surface area (Å²) in [5, 5.41) is 5.13. The molecular weight excluding hydrogens is 667 g/mol. The van der Waals surface area contributed by atoms with Crippen molar-refractivity contribution in [2.75, 3.05) is 46.5 Å². The van der Waals surface area contributed by atoms with Gasteiger partial charge in [0.25, 0.3) is 11.8 Å². The molecule has 230 valence electrons. The summed E-state index contributed by atoms with van der Waals surface area (Å²) in [6.07, 6.45) is 2.50. The van der Waals surface area contributed by atoms with Crippen molar-refractivity contribution in [3.8, 4) is 16.9 Å². The number of halogens is 1. The van der Waals surface area contributed by atoms with Crippen LogP contribution in [0, 0.1) is 0 Å². The van der Waals surface area contributed by atoms with Crippen LogP contribution in [0.3, 0.4) is 0 Å². The van der Waals surface area contributed by atoms with E-state index in [4.69, 9.17) is 19.0 Å². The minimum atomic E-state index is -1.36. The number of benzene rings is 2. The van der Waals surface area contributed by atoms with Crippen LogP contribution in [0.1, 0.15) is 41.5 Å². The first-order chi connectivity index (χ1) is 20.0. The number of esters is 1. The van der Waals surface area contributed by atoms with Crippen LogP contribution in [-0.4, -0.2) is 95.3 Å². The molecule has 2 amide bonds. The summed E-state index contributed by atoms with van der Waals surface area (Å²) in [7, 11) is 2.25. The number of imide groups is 1. The largest absolute Gasteiger partial charge is 1.00 e. The Hall–Kier alpha value is -3.33. The van der Waals surface area contributed by atoms with Crippen LogP contribution in [0.5, 0.6) is 5.75 Å². The standard InChI is InChI=1S/C31H37N4O7.HI/c1-31(2,3)41-30(38)27(42-34-28(36)25-7-5-6-8-26(25)29(34)37)21-40-24-11-9-22(10-12-24)23-19-32-33(20-23)13-14-35(4)15-17-39-18-16-35;/h5-12,19-20,27H,13-18,21H2,1-4H3;1H/q+1;/p-1. The van der Waals surface area contributed by atoms with Crippen LogP contribution in [0.25, 0.3) is 11.1 Å². The van der Waals surface area contributed by atoms with Gasteiger partial charge in [-0.05, 0) is 50.6 Å². The number of morpholine rings is 1. The van der Waals surface area contributed by atoms with Crippen LogP contribution in [0.2, 0.25) is 0 Å².